The van der Waals surface area contributed by atoms with E-state index in [2.05, 4.69) is 15.6 Å². The summed E-state index contributed by atoms with van der Waals surface area (Å²) in [5.41, 5.74) is 3.72. The molecule has 4 N–H and O–H groups in total. The molecule has 0 aliphatic rings. The first kappa shape index (κ1) is 24.6. The zero-order valence-corrected chi connectivity index (χ0v) is 18.7. The second-order valence-electron chi connectivity index (χ2n) is 7.81. The largest absolute Gasteiger partial charge is 0.341 e. The molecule has 0 bridgehead atoms. The lowest BCUT2D eigenvalue weighted by molar-refractivity contribution is -0.129. The number of unbranched alkanes of at least 4 members (excludes halogenated alkanes) is 2. The number of aromatic nitrogens is 1. The molecular weight excluding hydrogens is 432 g/mol. The van der Waals surface area contributed by atoms with Crippen molar-refractivity contribution in [1.29, 1.82) is 0 Å². The standard InChI is InChI=1S/C26H28N4O4/c31-23(17-16-19-9-3-1-4-10-19)28-22(13-5-2-6-15-24(32)30-34)26(33)29-21-14-7-11-20-12-8-18-27-25(20)21/h1,3-4,7-12,14,16-18,22,34H,2,5-6,13,15H2,(H,28,31)(H,29,33)(H,30,32)/b17-16+/t22-/m0/s1. The molecule has 34 heavy (non-hydrogen) atoms. The number of nitrogens with zero attached hydrogens (tertiary/aromatic N) is 1. The van der Waals surface area contributed by atoms with Crippen LogP contribution < -0.4 is 16.1 Å². The van der Waals surface area contributed by atoms with Gasteiger partial charge in [0, 0.05) is 24.1 Å². The van der Waals surface area contributed by atoms with Crippen LogP contribution in [0, 0.1) is 0 Å². The quantitative estimate of drug-likeness (QED) is 0.150. The number of nitrogens with one attached hydrogen (secondary N) is 3. The molecule has 0 fully saturated rings. The van der Waals surface area contributed by atoms with Crippen LogP contribution in [0.15, 0.2) is 72.9 Å². The van der Waals surface area contributed by atoms with E-state index in [1.54, 1.807) is 23.8 Å². The van der Waals surface area contributed by atoms with Gasteiger partial charge in [-0.25, -0.2) is 5.48 Å². The molecule has 2 aromatic carbocycles. The van der Waals surface area contributed by atoms with E-state index < -0.39 is 11.9 Å². The Morgan fingerprint density at radius 3 is 2.53 bits per heavy atom. The van der Waals surface area contributed by atoms with Crippen molar-refractivity contribution in [2.24, 2.45) is 0 Å². The number of benzene rings is 2. The summed E-state index contributed by atoms with van der Waals surface area (Å²) < 4.78 is 0. The maximum Gasteiger partial charge on any atom is 0.247 e. The topological polar surface area (TPSA) is 120 Å². The molecule has 8 nitrogen and oxygen atoms in total. The number of para-hydroxylation sites is 1. The first-order valence-electron chi connectivity index (χ1n) is 11.2. The predicted molar refractivity (Wildman–Crippen MR) is 131 cm³/mol. The van der Waals surface area contributed by atoms with Crippen LogP contribution in [0.5, 0.6) is 0 Å². The minimum Gasteiger partial charge on any atom is -0.341 e. The van der Waals surface area contributed by atoms with Crippen LogP contribution in [0.2, 0.25) is 0 Å². The summed E-state index contributed by atoms with van der Waals surface area (Å²) >= 11 is 0. The lowest BCUT2D eigenvalue weighted by Crippen LogP contribution is -2.43. The third-order valence-corrected chi connectivity index (χ3v) is 5.27. The average Bonchev–Trinajstić information content (AvgIpc) is 2.87. The van der Waals surface area contributed by atoms with Crippen LogP contribution in [0.3, 0.4) is 0 Å². The number of rotatable bonds is 11. The molecule has 0 aliphatic carbocycles. The molecule has 0 saturated carbocycles. The SMILES string of the molecule is O=C(/C=C/c1ccccc1)N[C@@H](CCCCCC(=O)NO)C(=O)Nc1cccc2cccnc12. The van der Waals surface area contributed by atoms with E-state index in [1.165, 1.54) is 6.08 Å². The van der Waals surface area contributed by atoms with Crippen molar-refractivity contribution in [2.45, 2.75) is 38.1 Å². The fraction of sp³-hybridized carbons (Fsp3) is 0.231. The molecule has 0 aliphatic heterocycles. The highest BCUT2D eigenvalue weighted by Crippen LogP contribution is 2.21. The number of carbonyl (C=O) groups is 3. The minimum atomic E-state index is -0.765. The Labute approximate surface area is 198 Å². The molecule has 3 amide bonds. The number of anilines is 1. The highest BCUT2D eigenvalue weighted by molar-refractivity contribution is 6.04. The van der Waals surface area contributed by atoms with Crippen molar-refractivity contribution in [3.05, 3.63) is 78.5 Å². The smallest absolute Gasteiger partial charge is 0.247 e. The normalized spacial score (nSPS) is 11.8. The summed E-state index contributed by atoms with van der Waals surface area (Å²) in [7, 11) is 0. The summed E-state index contributed by atoms with van der Waals surface area (Å²) in [6, 6.07) is 17.9. The van der Waals surface area contributed by atoms with Gasteiger partial charge in [0.25, 0.3) is 0 Å². The van der Waals surface area contributed by atoms with Crippen molar-refractivity contribution in [3.8, 4) is 0 Å². The summed E-state index contributed by atoms with van der Waals surface area (Å²) in [4.78, 5) is 41.2. The van der Waals surface area contributed by atoms with Crippen molar-refractivity contribution >= 4 is 40.4 Å². The van der Waals surface area contributed by atoms with Crippen LogP contribution in [-0.2, 0) is 14.4 Å². The van der Waals surface area contributed by atoms with E-state index in [0.717, 1.165) is 10.9 Å². The van der Waals surface area contributed by atoms with Gasteiger partial charge in [-0.2, -0.15) is 0 Å². The monoisotopic (exact) mass is 460 g/mol. The van der Waals surface area contributed by atoms with E-state index in [1.807, 2.05) is 54.6 Å². The Kier molecular flexibility index (Phi) is 9.30. The average molecular weight is 461 g/mol. The van der Waals surface area contributed by atoms with Gasteiger partial charge in [0.1, 0.15) is 6.04 Å². The lowest BCUT2D eigenvalue weighted by atomic mass is 10.1. The molecule has 0 spiro atoms. The Morgan fingerprint density at radius 1 is 0.941 bits per heavy atom. The Morgan fingerprint density at radius 2 is 1.74 bits per heavy atom. The van der Waals surface area contributed by atoms with Gasteiger partial charge in [-0.05, 0) is 36.6 Å². The third kappa shape index (κ3) is 7.53. The Balaban J connectivity index is 1.66. The van der Waals surface area contributed by atoms with E-state index in [9.17, 15) is 14.4 Å². The van der Waals surface area contributed by atoms with E-state index in [4.69, 9.17) is 5.21 Å². The van der Waals surface area contributed by atoms with Gasteiger partial charge in [0.05, 0.1) is 11.2 Å². The molecule has 3 aromatic rings. The van der Waals surface area contributed by atoms with Crippen molar-refractivity contribution < 1.29 is 19.6 Å². The lowest BCUT2D eigenvalue weighted by Gasteiger charge is -2.18. The summed E-state index contributed by atoms with van der Waals surface area (Å²) in [6.45, 7) is 0. The number of hydrogen-bond acceptors (Lipinski definition) is 5. The summed E-state index contributed by atoms with van der Waals surface area (Å²) in [5, 5.41) is 15.2. The Hall–Kier alpha value is -4.04. The zero-order valence-electron chi connectivity index (χ0n) is 18.7. The van der Waals surface area contributed by atoms with Gasteiger partial charge in [-0.15, -0.1) is 0 Å². The van der Waals surface area contributed by atoms with Gasteiger partial charge < -0.3 is 10.6 Å². The van der Waals surface area contributed by atoms with E-state index in [-0.39, 0.29) is 18.2 Å². The van der Waals surface area contributed by atoms with Crippen molar-refractivity contribution in [3.63, 3.8) is 0 Å². The van der Waals surface area contributed by atoms with Crippen LogP contribution in [0.4, 0.5) is 5.69 Å². The maximum absolute atomic E-state index is 13.1. The highest BCUT2D eigenvalue weighted by atomic mass is 16.5. The number of hydroxylamine groups is 1. The van der Waals surface area contributed by atoms with Crippen molar-refractivity contribution in [2.75, 3.05) is 5.32 Å². The molecule has 8 heteroatoms. The summed E-state index contributed by atoms with van der Waals surface area (Å²) in [6.07, 6.45) is 7.20. The number of hydrogen-bond donors (Lipinski definition) is 4. The van der Waals surface area contributed by atoms with Crippen LogP contribution in [-0.4, -0.2) is 34.0 Å². The molecule has 3 rings (SSSR count). The second-order valence-corrected chi connectivity index (χ2v) is 7.81. The van der Waals surface area contributed by atoms with Gasteiger partial charge >= 0.3 is 0 Å². The molecular formula is C26H28N4O4. The highest BCUT2D eigenvalue weighted by Gasteiger charge is 2.20. The zero-order chi connectivity index (χ0) is 24.2. The first-order chi connectivity index (χ1) is 16.6. The fourth-order valence-electron chi connectivity index (χ4n) is 3.52. The first-order valence-corrected chi connectivity index (χ1v) is 11.2. The number of carbonyl (C=O) groups excluding carboxylic acids is 3. The van der Waals surface area contributed by atoms with E-state index >= 15 is 0 Å². The molecule has 1 aromatic heterocycles. The van der Waals surface area contributed by atoms with Crippen molar-refractivity contribution in [1.82, 2.24) is 15.8 Å². The molecule has 0 saturated heterocycles. The fourth-order valence-corrected chi connectivity index (χ4v) is 3.52. The third-order valence-electron chi connectivity index (χ3n) is 5.27. The molecule has 0 radical (unpaired) electrons. The second kappa shape index (κ2) is 12.9. The van der Waals surface area contributed by atoms with Gasteiger partial charge in [0.15, 0.2) is 0 Å². The number of amides is 3. The predicted octanol–water partition coefficient (Wildman–Crippen LogP) is 3.83. The van der Waals surface area contributed by atoms with E-state index in [0.29, 0.717) is 36.9 Å². The maximum atomic E-state index is 13.1. The Bertz CT molecular complexity index is 1140. The number of fused-ring (bicyclic) bond motifs is 1. The molecule has 1 heterocycles. The van der Waals surface area contributed by atoms with Gasteiger partial charge in [0.2, 0.25) is 17.7 Å². The minimum absolute atomic E-state index is 0.196. The number of pyridine rings is 1. The van der Waals surface area contributed by atoms with Crippen LogP contribution >= 0.6 is 0 Å². The van der Waals surface area contributed by atoms with Gasteiger partial charge in [-0.1, -0.05) is 61.4 Å². The van der Waals surface area contributed by atoms with Gasteiger partial charge in [-0.3, -0.25) is 24.6 Å². The summed E-state index contributed by atoms with van der Waals surface area (Å²) in [5.74, 6) is -1.16. The van der Waals surface area contributed by atoms with Crippen LogP contribution in [0.25, 0.3) is 17.0 Å². The van der Waals surface area contributed by atoms with Crippen LogP contribution in [0.1, 0.15) is 37.7 Å². The molecule has 0 unspecified atom stereocenters. The molecule has 176 valence electrons. The molecule has 1 atom stereocenters.